The van der Waals surface area contributed by atoms with Crippen LogP contribution in [0, 0.1) is 6.92 Å². The molecule has 0 saturated carbocycles. The maximum Gasteiger partial charge on any atom is 0.416 e. The number of methoxy groups -OCH3 is 1. The second-order valence-corrected chi connectivity index (χ2v) is 8.72. The lowest BCUT2D eigenvalue weighted by Gasteiger charge is -2.43. The Hall–Kier alpha value is -3.05. The Morgan fingerprint density at radius 1 is 1.34 bits per heavy atom. The average Bonchev–Trinajstić information content (AvgIpc) is 3.28. The van der Waals surface area contributed by atoms with E-state index >= 15 is 0 Å². The number of rotatable bonds is 5. The molecule has 8 nitrogen and oxygen atoms in total. The van der Waals surface area contributed by atoms with Crippen LogP contribution in [-0.2, 0) is 4.74 Å². The standard InChI is InChI=1S/C24H29F3N4O4/c1-15-28-12-22(35-15)20-7-6-18(11-21(20)34-2)30-8-9-31(19(13-30)14-32)23(33)29-17-5-3-4-16(10-17)24(25,26)27/h4,6-7,10,12,19,21,32H,3,5,8-9,11,13-14H2,1-2H3,(H,29,33). The van der Waals surface area contributed by atoms with Crippen molar-refractivity contribution in [2.45, 2.75) is 44.5 Å². The number of allylic oxidation sites excluding steroid dienone is 6. The molecule has 3 aliphatic rings. The fourth-order valence-electron chi connectivity index (χ4n) is 4.59. The molecule has 190 valence electrons. The lowest BCUT2D eigenvalue weighted by atomic mass is 9.96. The molecule has 35 heavy (non-hydrogen) atoms. The van der Waals surface area contributed by atoms with Crippen LogP contribution in [0.2, 0.25) is 0 Å². The van der Waals surface area contributed by atoms with Gasteiger partial charge in [-0.1, -0.05) is 12.2 Å². The molecule has 2 heterocycles. The first-order valence-corrected chi connectivity index (χ1v) is 11.5. The van der Waals surface area contributed by atoms with E-state index in [2.05, 4.69) is 15.2 Å². The SMILES string of the molecule is COC1CC(N2CCN(C(=O)NC3=CC(C(F)(F)F)=CCC3)C(CO)C2)=CC=C1c1cnc(C)o1. The molecule has 0 aromatic carbocycles. The van der Waals surface area contributed by atoms with Crippen molar-refractivity contribution in [2.75, 3.05) is 33.4 Å². The minimum Gasteiger partial charge on any atom is -0.441 e. The van der Waals surface area contributed by atoms with Crippen molar-refractivity contribution in [3.8, 4) is 0 Å². The second kappa shape index (κ2) is 10.3. The third-order valence-corrected chi connectivity index (χ3v) is 6.45. The molecule has 0 radical (unpaired) electrons. The van der Waals surface area contributed by atoms with Crippen LogP contribution in [0.5, 0.6) is 0 Å². The number of urea groups is 1. The third-order valence-electron chi connectivity index (χ3n) is 6.45. The number of oxazole rings is 1. The number of nitrogens with zero attached hydrogens (tertiary/aromatic N) is 3. The molecular weight excluding hydrogens is 465 g/mol. The highest BCUT2D eigenvalue weighted by atomic mass is 19.4. The highest BCUT2D eigenvalue weighted by molar-refractivity contribution is 5.77. The Balaban J connectivity index is 1.42. The predicted molar refractivity (Wildman–Crippen MR) is 122 cm³/mol. The number of aliphatic hydroxyl groups excluding tert-OH is 1. The van der Waals surface area contributed by atoms with E-state index in [0.717, 1.165) is 23.4 Å². The first-order valence-electron chi connectivity index (χ1n) is 11.5. The number of halogens is 3. The van der Waals surface area contributed by atoms with E-state index in [1.807, 2.05) is 12.2 Å². The predicted octanol–water partition coefficient (Wildman–Crippen LogP) is 3.52. The largest absolute Gasteiger partial charge is 0.441 e. The van der Waals surface area contributed by atoms with Gasteiger partial charge in [-0.2, -0.15) is 13.2 Å². The van der Waals surface area contributed by atoms with Gasteiger partial charge in [0, 0.05) is 57.1 Å². The Labute approximate surface area is 201 Å². The van der Waals surface area contributed by atoms with Crippen molar-refractivity contribution < 1.29 is 32.2 Å². The number of carbonyl (C=O) groups excluding carboxylic acids is 1. The van der Waals surface area contributed by atoms with Gasteiger partial charge in [0.25, 0.3) is 0 Å². The van der Waals surface area contributed by atoms with Crippen molar-refractivity contribution >= 4 is 11.6 Å². The lowest BCUT2D eigenvalue weighted by molar-refractivity contribution is -0.0887. The van der Waals surface area contributed by atoms with Crippen LogP contribution in [0.4, 0.5) is 18.0 Å². The molecule has 0 spiro atoms. The molecule has 0 bridgehead atoms. The summed E-state index contributed by atoms with van der Waals surface area (Å²) in [6.07, 6.45) is 4.10. The van der Waals surface area contributed by atoms with Crippen LogP contribution in [0.25, 0.3) is 5.57 Å². The van der Waals surface area contributed by atoms with Crippen LogP contribution < -0.4 is 5.32 Å². The second-order valence-electron chi connectivity index (χ2n) is 8.72. The van der Waals surface area contributed by atoms with Crippen molar-refractivity contribution in [3.05, 3.63) is 59.1 Å². The van der Waals surface area contributed by atoms with E-state index < -0.39 is 23.8 Å². The lowest BCUT2D eigenvalue weighted by Crippen LogP contribution is -2.58. The number of aliphatic hydroxyl groups is 1. The zero-order chi connectivity index (χ0) is 25.2. The number of nitrogens with one attached hydrogen (secondary N) is 1. The van der Waals surface area contributed by atoms with Gasteiger partial charge in [0.1, 0.15) is 0 Å². The summed E-state index contributed by atoms with van der Waals surface area (Å²) in [7, 11) is 1.63. The molecular formula is C24H29F3N4O4. The van der Waals surface area contributed by atoms with E-state index in [1.165, 1.54) is 4.90 Å². The van der Waals surface area contributed by atoms with Crippen molar-refractivity contribution in [3.63, 3.8) is 0 Å². The minimum absolute atomic E-state index is 0.204. The molecule has 1 aliphatic heterocycles. The normalized spacial score (nSPS) is 23.4. The smallest absolute Gasteiger partial charge is 0.416 e. The van der Waals surface area contributed by atoms with Gasteiger partial charge in [0.05, 0.1) is 30.5 Å². The molecule has 2 aliphatic carbocycles. The number of hydrogen-bond acceptors (Lipinski definition) is 6. The number of alkyl halides is 3. The zero-order valence-corrected chi connectivity index (χ0v) is 19.6. The van der Waals surface area contributed by atoms with Gasteiger partial charge in [0.2, 0.25) is 0 Å². The zero-order valence-electron chi connectivity index (χ0n) is 19.6. The Bertz CT molecular complexity index is 1070. The monoisotopic (exact) mass is 494 g/mol. The number of aryl methyl sites for hydroxylation is 1. The number of ether oxygens (including phenoxy) is 1. The quantitative estimate of drug-likeness (QED) is 0.651. The number of piperazine rings is 1. The summed E-state index contributed by atoms with van der Waals surface area (Å²) in [5.74, 6) is 1.22. The molecule has 1 fully saturated rings. The molecule has 2 amide bonds. The Kier molecular flexibility index (Phi) is 7.36. The summed E-state index contributed by atoms with van der Waals surface area (Å²) >= 11 is 0. The van der Waals surface area contributed by atoms with Crippen LogP contribution in [0.15, 0.2) is 51.9 Å². The number of hydrogen-bond donors (Lipinski definition) is 2. The van der Waals surface area contributed by atoms with Gasteiger partial charge in [-0.25, -0.2) is 9.78 Å². The molecule has 4 rings (SSSR count). The third kappa shape index (κ3) is 5.62. The molecule has 2 N–H and O–H groups in total. The summed E-state index contributed by atoms with van der Waals surface area (Å²) in [6.45, 7) is 2.74. The molecule has 1 aromatic heterocycles. The fraction of sp³-hybridized carbons (Fsp3) is 0.500. The summed E-state index contributed by atoms with van der Waals surface area (Å²) in [5, 5.41) is 12.6. The van der Waals surface area contributed by atoms with Gasteiger partial charge in [-0.05, 0) is 25.0 Å². The van der Waals surface area contributed by atoms with Gasteiger partial charge >= 0.3 is 12.2 Å². The molecule has 2 unspecified atom stereocenters. The molecule has 11 heteroatoms. The van der Waals surface area contributed by atoms with E-state index in [0.29, 0.717) is 44.1 Å². The van der Waals surface area contributed by atoms with Gasteiger partial charge < -0.3 is 29.4 Å². The highest BCUT2D eigenvalue weighted by Gasteiger charge is 2.35. The number of aromatic nitrogens is 1. The van der Waals surface area contributed by atoms with E-state index in [4.69, 9.17) is 9.15 Å². The van der Waals surface area contributed by atoms with Gasteiger partial charge in [-0.15, -0.1) is 0 Å². The maximum absolute atomic E-state index is 13.0. The molecule has 1 saturated heterocycles. The van der Waals surface area contributed by atoms with Crippen LogP contribution >= 0.6 is 0 Å². The summed E-state index contributed by atoms with van der Waals surface area (Å²) < 4.78 is 50.4. The first kappa shape index (κ1) is 25.1. The van der Waals surface area contributed by atoms with Gasteiger partial charge in [0.15, 0.2) is 11.7 Å². The Morgan fingerprint density at radius 2 is 2.14 bits per heavy atom. The number of carbonyl (C=O) groups is 1. The average molecular weight is 495 g/mol. The van der Waals surface area contributed by atoms with Crippen LogP contribution in [-0.4, -0.2) is 77.6 Å². The number of amides is 2. The van der Waals surface area contributed by atoms with Crippen LogP contribution in [0.3, 0.4) is 0 Å². The van der Waals surface area contributed by atoms with Gasteiger partial charge in [-0.3, -0.25) is 0 Å². The molecule has 2 atom stereocenters. The fourth-order valence-corrected chi connectivity index (χ4v) is 4.59. The van der Waals surface area contributed by atoms with Crippen molar-refractivity contribution in [1.82, 2.24) is 20.1 Å². The van der Waals surface area contributed by atoms with E-state index in [9.17, 15) is 23.1 Å². The first-order chi connectivity index (χ1) is 16.7. The van der Waals surface area contributed by atoms with E-state index in [-0.39, 0.29) is 24.8 Å². The minimum atomic E-state index is -4.45. The van der Waals surface area contributed by atoms with Crippen molar-refractivity contribution in [2.24, 2.45) is 0 Å². The summed E-state index contributed by atoms with van der Waals surface area (Å²) in [4.78, 5) is 20.6. The summed E-state index contributed by atoms with van der Waals surface area (Å²) in [6, 6.07) is -1.01. The molecule has 1 aromatic rings. The van der Waals surface area contributed by atoms with Crippen LogP contribution in [0.1, 0.15) is 30.9 Å². The van der Waals surface area contributed by atoms with E-state index in [1.54, 1.807) is 20.2 Å². The topological polar surface area (TPSA) is 91.1 Å². The highest BCUT2D eigenvalue weighted by Crippen LogP contribution is 2.33. The summed E-state index contributed by atoms with van der Waals surface area (Å²) in [5.41, 5.74) is 1.36. The maximum atomic E-state index is 13.0. The Morgan fingerprint density at radius 3 is 2.80 bits per heavy atom. The van der Waals surface area contributed by atoms with Crippen molar-refractivity contribution in [1.29, 1.82) is 0 Å².